The summed E-state index contributed by atoms with van der Waals surface area (Å²) in [5.74, 6) is -2.40. The molecule has 2 rings (SSSR count). The third kappa shape index (κ3) is 4.97. The lowest BCUT2D eigenvalue weighted by Gasteiger charge is -2.25. The Kier molecular flexibility index (Phi) is 6.28. The highest BCUT2D eigenvalue weighted by molar-refractivity contribution is 8.00. The molecule has 0 radical (unpaired) electrons. The zero-order valence-electron chi connectivity index (χ0n) is 14.0. The molecule has 0 saturated carbocycles. The summed E-state index contributed by atoms with van der Waals surface area (Å²) in [5.41, 5.74) is -0.359. The van der Waals surface area contributed by atoms with Crippen LogP contribution in [0.5, 0.6) is 0 Å². The minimum absolute atomic E-state index is 0.0776. The third-order valence-electron chi connectivity index (χ3n) is 3.92. The van der Waals surface area contributed by atoms with Crippen LogP contribution in [-0.2, 0) is 11.0 Å². The number of hydrogen-bond donors (Lipinski definition) is 0. The molecule has 1 unspecified atom stereocenters. The van der Waals surface area contributed by atoms with Crippen LogP contribution in [-0.4, -0.2) is 23.6 Å². The van der Waals surface area contributed by atoms with Gasteiger partial charge in [-0.2, -0.15) is 13.2 Å². The number of alkyl halides is 3. The molecule has 2 aromatic rings. The van der Waals surface area contributed by atoms with Crippen molar-refractivity contribution in [3.63, 3.8) is 0 Å². The summed E-state index contributed by atoms with van der Waals surface area (Å²) in [5, 5.41) is 0. The predicted molar refractivity (Wildman–Crippen MR) is 89.7 cm³/mol. The molecule has 0 spiro atoms. The Morgan fingerprint density at radius 2 is 1.81 bits per heavy atom. The lowest BCUT2D eigenvalue weighted by atomic mass is 10.1. The van der Waals surface area contributed by atoms with Gasteiger partial charge >= 0.3 is 6.18 Å². The summed E-state index contributed by atoms with van der Waals surface area (Å²) >= 11 is 0.980. The van der Waals surface area contributed by atoms with Crippen molar-refractivity contribution in [3.8, 4) is 0 Å². The molecule has 2 aromatic carbocycles. The van der Waals surface area contributed by atoms with Crippen molar-refractivity contribution >= 4 is 17.7 Å². The fraction of sp³-hybridized carbons (Fsp3) is 0.278. The van der Waals surface area contributed by atoms with Crippen LogP contribution in [0.4, 0.5) is 22.0 Å². The Morgan fingerprint density at radius 1 is 1.12 bits per heavy atom. The van der Waals surface area contributed by atoms with Gasteiger partial charge in [0.05, 0.1) is 17.4 Å². The van der Waals surface area contributed by atoms with Crippen molar-refractivity contribution in [1.29, 1.82) is 0 Å². The van der Waals surface area contributed by atoms with Crippen LogP contribution >= 0.6 is 11.8 Å². The molecule has 0 aliphatic heterocycles. The molecule has 0 saturated heterocycles. The Morgan fingerprint density at radius 3 is 2.42 bits per heavy atom. The van der Waals surface area contributed by atoms with E-state index >= 15 is 0 Å². The number of hydrogen-bond acceptors (Lipinski definition) is 2. The quantitative estimate of drug-likeness (QED) is 0.511. The Labute approximate surface area is 152 Å². The maximum Gasteiger partial charge on any atom is 0.416 e. The largest absolute Gasteiger partial charge is 0.416 e. The van der Waals surface area contributed by atoms with Gasteiger partial charge in [-0.3, -0.25) is 4.79 Å². The first-order valence-electron chi connectivity index (χ1n) is 7.60. The maximum absolute atomic E-state index is 13.3. The van der Waals surface area contributed by atoms with E-state index in [-0.39, 0.29) is 11.7 Å². The summed E-state index contributed by atoms with van der Waals surface area (Å²) in [7, 11) is 1.50. The second-order valence-corrected chi connectivity index (χ2v) is 6.72. The first-order valence-corrected chi connectivity index (χ1v) is 8.59. The Balaban J connectivity index is 2.02. The van der Waals surface area contributed by atoms with Gasteiger partial charge in [0.1, 0.15) is 0 Å². The number of nitrogens with zero attached hydrogens (tertiary/aromatic N) is 1. The number of carbonyl (C=O) groups excluding carboxylic acids is 1. The molecule has 2 nitrogen and oxygen atoms in total. The summed E-state index contributed by atoms with van der Waals surface area (Å²) in [6.45, 7) is 1.65. The van der Waals surface area contributed by atoms with E-state index < -0.39 is 29.4 Å². The first-order chi connectivity index (χ1) is 12.1. The molecule has 0 fully saturated rings. The van der Waals surface area contributed by atoms with E-state index in [1.807, 2.05) is 0 Å². The van der Waals surface area contributed by atoms with Gasteiger partial charge in [-0.05, 0) is 42.8 Å². The summed E-state index contributed by atoms with van der Waals surface area (Å²) in [6, 6.07) is 7.59. The number of carbonyl (C=O) groups is 1. The molecule has 26 heavy (non-hydrogen) atoms. The maximum atomic E-state index is 13.3. The van der Waals surface area contributed by atoms with E-state index in [1.54, 1.807) is 6.92 Å². The van der Waals surface area contributed by atoms with E-state index in [1.165, 1.54) is 30.1 Å². The molecule has 0 heterocycles. The third-order valence-corrected chi connectivity index (χ3v) is 4.90. The van der Waals surface area contributed by atoms with E-state index in [9.17, 15) is 26.7 Å². The van der Waals surface area contributed by atoms with E-state index in [0.29, 0.717) is 10.5 Å². The number of thioether (sulfide) groups is 1. The average molecular weight is 389 g/mol. The van der Waals surface area contributed by atoms with Crippen molar-refractivity contribution in [2.45, 2.75) is 24.0 Å². The van der Waals surface area contributed by atoms with Crippen molar-refractivity contribution in [1.82, 2.24) is 4.90 Å². The van der Waals surface area contributed by atoms with Crippen LogP contribution < -0.4 is 0 Å². The van der Waals surface area contributed by atoms with Crippen molar-refractivity contribution in [3.05, 3.63) is 65.2 Å². The first kappa shape index (κ1) is 20.2. The van der Waals surface area contributed by atoms with Crippen molar-refractivity contribution < 1.29 is 26.7 Å². The normalized spacial score (nSPS) is 12.7. The molecule has 140 valence electrons. The molecular formula is C18H16F5NOS. The van der Waals surface area contributed by atoms with E-state index in [0.717, 1.165) is 36.0 Å². The topological polar surface area (TPSA) is 20.3 Å². The molecule has 0 bridgehead atoms. The lowest BCUT2D eigenvalue weighted by molar-refractivity contribution is -0.137. The van der Waals surface area contributed by atoms with Crippen LogP contribution in [0.25, 0.3) is 0 Å². The molecule has 1 atom stereocenters. The minimum atomic E-state index is -4.45. The zero-order valence-corrected chi connectivity index (χ0v) is 14.8. The van der Waals surface area contributed by atoms with E-state index in [4.69, 9.17) is 0 Å². The number of benzene rings is 2. The highest BCUT2D eigenvalue weighted by atomic mass is 32.2. The fourth-order valence-corrected chi connectivity index (χ4v) is 3.10. The van der Waals surface area contributed by atoms with Crippen LogP contribution in [0.2, 0.25) is 0 Å². The van der Waals surface area contributed by atoms with Gasteiger partial charge in [0.25, 0.3) is 0 Å². The molecule has 1 amide bonds. The summed E-state index contributed by atoms with van der Waals surface area (Å²) in [6.07, 6.45) is -4.45. The highest BCUT2D eigenvalue weighted by Crippen LogP contribution is 2.32. The van der Waals surface area contributed by atoms with Crippen LogP contribution in [0.15, 0.2) is 47.4 Å². The molecular weight excluding hydrogens is 373 g/mol. The highest BCUT2D eigenvalue weighted by Gasteiger charge is 2.30. The zero-order chi connectivity index (χ0) is 19.5. The molecule has 0 N–H and O–H groups in total. The SMILES string of the molecule is CC(c1ccc(F)c(F)c1)N(C)C(=O)CSc1cccc(C(F)(F)F)c1. The van der Waals surface area contributed by atoms with Gasteiger partial charge in [-0.1, -0.05) is 12.1 Å². The van der Waals surface area contributed by atoms with Crippen LogP contribution in [0.1, 0.15) is 24.1 Å². The molecule has 0 aliphatic rings. The standard InChI is InChI=1S/C18H16F5NOS/c1-11(12-6-7-15(19)16(20)8-12)24(2)17(25)10-26-14-5-3-4-13(9-14)18(21,22)23/h3-9,11H,10H2,1-2H3. The Bertz CT molecular complexity index is 793. The molecule has 0 aromatic heterocycles. The van der Waals surface area contributed by atoms with Crippen molar-refractivity contribution in [2.24, 2.45) is 0 Å². The monoisotopic (exact) mass is 389 g/mol. The van der Waals surface area contributed by atoms with Gasteiger partial charge in [0.15, 0.2) is 11.6 Å². The molecule has 8 heteroatoms. The summed E-state index contributed by atoms with van der Waals surface area (Å²) in [4.78, 5) is 13.9. The lowest BCUT2D eigenvalue weighted by Crippen LogP contribution is -2.31. The van der Waals surface area contributed by atoms with Gasteiger partial charge < -0.3 is 4.90 Å². The van der Waals surface area contributed by atoms with Gasteiger partial charge in [0.2, 0.25) is 5.91 Å². The van der Waals surface area contributed by atoms with Gasteiger partial charge in [-0.25, -0.2) is 8.78 Å². The minimum Gasteiger partial charge on any atom is -0.338 e. The average Bonchev–Trinajstić information content (AvgIpc) is 2.60. The second kappa shape index (κ2) is 8.07. The number of halogens is 5. The van der Waals surface area contributed by atoms with Crippen molar-refractivity contribution in [2.75, 3.05) is 12.8 Å². The number of amides is 1. The van der Waals surface area contributed by atoms with Crippen LogP contribution in [0.3, 0.4) is 0 Å². The fourth-order valence-electron chi connectivity index (χ4n) is 2.22. The Hall–Kier alpha value is -2.09. The molecule has 0 aliphatic carbocycles. The predicted octanol–water partition coefficient (Wildman–Crippen LogP) is 5.30. The van der Waals surface area contributed by atoms with Crippen LogP contribution in [0, 0.1) is 11.6 Å². The van der Waals surface area contributed by atoms with Gasteiger partial charge in [-0.15, -0.1) is 11.8 Å². The van der Waals surface area contributed by atoms with E-state index in [2.05, 4.69) is 0 Å². The smallest absolute Gasteiger partial charge is 0.338 e. The van der Waals surface area contributed by atoms with Gasteiger partial charge in [0, 0.05) is 11.9 Å². The number of rotatable bonds is 5. The second-order valence-electron chi connectivity index (χ2n) is 5.67. The summed E-state index contributed by atoms with van der Waals surface area (Å²) < 4.78 is 64.5.